The number of primary amides is 1. The van der Waals surface area contributed by atoms with E-state index in [-0.39, 0.29) is 30.4 Å². The Labute approximate surface area is 338 Å². The number of hydrogen-bond acceptors (Lipinski definition) is 11. The van der Waals surface area contributed by atoms with Crippen LogP contribution in [-0.4, -0.2) is 107 Å². The molecule has 320 valence electrons. The van der Waals surface area contributed by atoms with E-state index < -0.39 is 94.6 Å². The van der Waals surface area contributed by atoms with Crippen molar-refractivity contribution < 1.29 is 43.5 Å². The molecule has 3 aliphatic rings. The lowest BCUT2D eigenvalue weighted by atomic mass is 9.96. The van der Waals surface area contributed by atoms with Crippen LogP contribution in [0.15, 0.2) is 24.3 Å². The van der Waals surface area contributed by atoms with Crippen molar-refractivity contribution in [2.24, 2.45) is 29.2 Å². The fraction of sp³-hybridized carbons (Fsp3) is 0.641. The third-order valence-corrected chi connectivity index (χ3v) is 11.1. The minimum atomic E-state index is -1.44. The van der Waals surface area contributed by atoms with Crippen molar-refractivity contribution >= 4 is 47.3 Å². The third-order valence-electron chi connectivity index (χ3n) is 11.1. The zero-order valence-corrected chi connectivity index (χ0v) is 33.9. The van der Waals surface area contributed by atoms with Crippen molar-refractivity contribution in [3.05, 3.63) is 29.8 Å². The maximum Gasteiger partial charge on any atom is 0.246 e. The number of rotatable bonds is 17. The third kappa shape index (κ3) is 12.3. The van der Waals surface area contributed by atoms with Crippen molar-refractivity contribution in [1.29, 1.82) is 0 Å². The second-order valence-electron chi connectivity index (χ2n) is 16.7. The van der Waals surface area contributed by atoms with Crippen molar-refractivity contribution in [2.45, 2.75) is 127 Å². The van der Waals surface area contributed by atoms with Crippen LogP contribution < -0.4 is 54.0 Å². The minimum absolute atomic E-state index is 0.0598. The van der Waals surface area contributed by atoms with Crippen LogP contribution in [0, 0.1) is 17.8 Å². The molecular formula is C39H60N10O9. The van der Waals surface area contributed by atoms with E-state index in [9.17, 15) is 43.5 Å². The zero-order chi connectivity index (χ0) is 42.9. The van der Waals surface area contributed by atoms with Crippen molar-refractivity contribution in [2.75, 3.05) is 13.1 Å². The zero-order valence-electron chi connectivity index (χ0n) is 33.9. The number of carbonyl (C=O) groups excluding carboxylic acids is 8. The van der Waals surface area contributed by atoms with E-state index >= 15 is 0 Å². The first-order valence-electron chi connectivity index (χ1n) is 19.8. The predicted molar refractivity (Wildman–Crippen MR) is 211 cm³/mol. The Balaban J connectivity index is 1.24. The van der Waals surface area contributed by atoms with Gasteiger partial charge in [-0.1, -0.05) is 25.0 Å². The highest BCUT2D eigenvalue weighted by Gasteiger charge is 2.42. The molecule has 0 radical (unpaired) electrons. The molecule has 3 fully saturated rings. The van der Waals surface area contributed by atoms with E-state index in [2.05, 4.69) is 42.5 Å². The molecular weight excluding hydrogens is 752 g/mol. The van der Waals surface area contributed by atoms with Crippen molar-refractivity contribution in [3.63, 3.8) is 0 Å². The first-order chi connectivity index (χ1) is 27.2. The number of carbonyl (C=O) groups is 8. The van der Waals surface area contributed by atoms with Crippen LogP contribution in [-0.2, 0) is 44.8 Å². The van der Waals surface area contributed by atoms with Crippen LogP contribution in [0.1, 0.15) is 85.1 Å². The highest BCUT2D eigenvalue weighted by molar-refractivity contribution is 5.93. The quantitative estimate of drug-likeness (QED) is 0.0749. The number of amides is 8. The predicted octanol–water partition coefficient (Wildman–Crippen LogP) is -2.22. The van der Waals surface area contributed by atoms with Crippen LogP contribution in [0.5, 0.6) is 5.75 Å². The van der Waals surface area contributed by atoms with Gasteiger partial charge in [-0.25, -0.2) is 0 Å². The van der Waals surface area contributed by atoms with Crippen LogP contribution in [0.3, 0.4) is 0 Å². The van der Waals surface area contributed by atoms with Gasteiger partial charge in [0.1, 0.15) is 22.9 Å². The molecule has 1 aromatic carbocycles. The van der Waals surface area contributed by atoms with Crippen molar-refractivity contribution in [3.8, 4) is 5.75 Å². The molecule has 1 aromatic rings. The summed E-state index contributed by atoms with van der Waals surface area (Å²) >= 11 is 0. The summed E-state index contributed by atoms with van der Waals surface area (Å²) in [6, 6.07) is 3.60. The van der Waals surface area contributed by atoms with Gasteiger partial charge in [0.05, 0.1) is 36.4 Å². The van der Waals surface area contributed by atoms with Gasteiger partial charge in [0, 0.05) is 38.5 Å². The van der Waals surface area contributed by atoms with Gasteiger partial charge in [0.25, 0.3) is 0 Å². The summed E-state index contributed by atoms with van der Waals surface area (Å²) in [7, 11) is 0. The highest BCUT2D eigenvalue weighted by Crippen LogP contribution is 2.28. The number of aromatic hydroxyl groups is 1. The second-order valence-corrected chi connectivity index (χ2v) is 16.7. The van der Waals surface area contributed by atoms with Gasteiger partial charge in [-0.15, -0.1) is 0 Å². The van der Waals surface area contributed by atoms with E-state index in [0.29, 0.717) is 57.2 Å². The number of phenols is 1. The van der Waals surface area contributed by atoms with E-state index in [1.54, 1.807) is 26.0 Å². The summed E-state index contributed by atoms with van der Waals surface area (Å²) in [6.45, 7) is 8.11. The summed E-state index contributed by atoms with van der Waals surface area (Å²) in [6.07, 6.45) is 2.00. The molecule has 1 saturated heterocycles. The molecule has 19 nitrogen and oxygen atoms in total. The normalized spacial score (nSPS) is 24.1. The maximum absolute atomic E-state index is 13.5. The van der Waals surface area contributed by atoms with Crippen molar-refractivity contribution in [1.82, 2.24) is 42.5 Å². The molecule has 19 heteroatoms. The monoisotopic (exact) mass is 812 g/mol. The smallest absolute Gasteiger partial charge is 0.246 e. The average Bonchev–Trinajstić information content (AvgIpc) is 3.90. The fourth-order valence-corrected chi connectivity index (χ4v) is 7.83. The molecule has 0 unspecified atom stereocenters. The number of nitrogens with two attached hydrogens (primary N) is 2. The van der Waals surface area contributed by atoms with E-state index in [0.717, 1.165) is 0 Å². The molecule has 8 atom stereocenters. The van der Waals surface area contributed by atoms with Gasteiger partial charge < -0.3 is 59.1 Å². The van der Waals surface area contributed by atoms with Gasteiger partial charge in [-0.2, -0.15) is 0 Å². The van der Waals surface area contributed by atoms with E-state index in [4.69, 9.17) is 11.5 Å². The highest BCUT2D eigenvalue weighted by atomic mass is 16.3. The topological polar surface area (TPSA) is 305 Å². The Bertz CT molecular complexity index is 1720. The molecule has 1 heterocycles. The summed E-state index contributed by atoms with van der Waals surface area (Å²) in [5.41, 5.74) is 9.77. The lowest BCUT2D eigenvalue weighted by Crippen LogP contribution is -2.61. The summed E-state index contributed by atoms with van der Waals surface area (Å²) in [5, 5.41) is 31.9. The van der Waals surface area contributed by atoms with Gasteiger partial charge in [0.15, 0.2) is 0 Å². The lowest BCUT2D eigenvalue weighted by molar-refractivity contribution is -0.136. The first kappa shape index (κ1) is 45.4. The van der Waals surface area contributed by atoms with Crippen LogP contribution >= 0.6 is 0 Å². The Kier molecular flexibility index (Phi) is 15.2. The van der Waals surface area contributed by atoms with E-state index in [1.165, 1.54) is 32.9 Å². The first-order valence-corrected chi connectivity index (χ1v) is 19.8. The SMILES string of the molecule is CC(=O)NC(C)(C)C(=O)N[C@H]1CNC[C@@H]1C(=O)N[C@H]1CCC[C@@H]1C(=O)NC(C)(C)C(=O)N[C@@H](N)CC(=O)N[C@@H]1CCC[C@H]1C(=O)N[C@@H](Cc1ccc(O)cc1)C(N)=O. The van der Waals surface area contributed by atoms with Gasteiger partial charge in [0.2, 0.25) is 47.3 Å². The minimum Gasteiger partial charge on any atom is -0.508 e. The Morgan fingerprint density at radius 2 is 1.31 bits per heavy atom. The molecule has 1 aliphatic heterocycles. The fourth-order valence-electron chi connectivity index (χ4n) is 7.83. The van der Waals surface area contributed by atoms with Crippen LogP contribution in [0.25, 0.3) is 0 Å². The molecule has 0 aromatic heterocycles. The number of benzene rings is 1. The molecule has 58 heavy (non-hydrogen) atoms. The summed E-state index contributed by atoms with van der Waals surface area (Å²) < 4.78 is 0. The number of hydrogen-bond donors (Lipinski definition) is 11. The number of phenolic OH excluding ortho intramolecular Hbond substituents is 1. The Hall–Kier alpha value is -5.30. The maximum atomic E-state index is 13.5. The van der Waals surface area contributed by atoms with Gasteiger partial charge in [-0.05, 0) is 71.1 Å². The summed E-state index contributed by atoms with van der Waals surface area (Å²) in [5.74, 6) is -5.67. The molecule has 2 saturated carbocycles. The largest absolute Gasteiger partial charge is 0.508 e. The molecule has 2 aliphatic carbocycles. The van der Waals surface area contributed by atoms with Crippen LogP contribution in [0.2, 0.25) is 0 Å². The summed E-state index contributed by atoms with van der Waals surface area (Å²) in [4.78, 5) is 103. The van der Waals surface area contributed by atoms with Gasteiger partial charge >= 0.3 is 0 Å². The van der Waals surface area contributed by atoms with E-state index in [1.807, 2.05) is 0 Å². The molecule has 8 amide bonds. The van der Waals surface area contributed by atoms with Crippen LogP contribution in [0.4, 0.5) is 0 Å². The number of nitrogens with one attached hydrogen (secondary N) is 8. The second kappa shape index (κ2) is 19.4. The molecule has 4 rings (SSSR count). The van der Waals surface area contributed by atoms with Gasteiger partial charge in [-0.3, -0.25) is 38.4 Å². The lowest BCUT2D eigenvalue weighted by Gasteiger charge is -2.31. The Morgan fingerprint density at radius 1 is 0.724 bits per heavy atom. The molecule has 13 N–H and O–H groups in total. The Morgan fingerprint density at radius 3 is 1.91 bits per heavy atom. The standard InChI is InChI=1S/C39H60N10O9/c1-20(50)48-38(2,3)36(57)46-29-19-42-18-25(29)34(55)44-27-11-7-9-24(27)35(56)49-39(4,5)37(58)47-30(40)17-31(52)43-26-10-6-8-23(26)33(54)45-28(32(41)53)16-21-12-14-22(51)15-13-21/h12-15,23-30,42,51H,6-11,16-19,40H2,1-5H3,(H2,41,53)(H,43,52)(H,44,55)(H,45,54)(H,46,57)(H,47,58)(H,48,50)(H,49,56)/t23-,24+,25+,26-,27+,28+,29+,30-/m1/s1. The molecule has 0 bridgehead atoms. The molecule has 0 spiro atoms. The average molecular weight is 813 g/mol.